The van der Waals surface area contributed by atoms with Gasteiger partial charge >= 0.3 is 0 Å². The second-order valence-corrected chi connectivity index (χ2v) is 5.73. The predicted octanol–water partition coefficient (Wildman–Crippen LogP) is 5.09. The van der Waals surface area contributed by atoms with Gasteiger partial charge in [0.25, 0.3) is 0 Å². The summed E-state index contributed by atoms with van der Waals surface area (Å²) in [6, 6.07) is 14.6. The molecule has 0 aliphatic carbocycles. The molecule has 2 N–H and O–H groups in total. The van der Waals surface area contributed by atoms with E-state index in [1.165, 1.54) is 36.6 Å². The highest BCUT2D eigenvalue weighted by molar-refractivity contribution is 5.95. The zero-order chi connectivity index (χ0) is 14.7. The van der Waals surface area contributed by atoms with Gasteiger partial charge in [0.2, 0.25) is 0 Å². The number of benzene rings is 2. The van der Waals surface area contributed by atoms with Crippen molar-refractivity contribution in [2.45, 2.75) is 39.0 Å². The van der Waals surface area contributed by atoms with E-state index in [0.717, 1.165) is 28.5 Å². The van der Waals surface area contributed by atoms with Crippen LogP contribution >= 0.6 is 0 Å². The number of nitrogen functional groups attached to an aromatic ring is 1. The summed E-state index contributed by atoms with van der Waals surface area (Å²) in [5.41, 5.74) is 10.2. The molecule has 2 nitrogen and oxygen atoms in total. The zero-order valence-corrected chi connectivity index (χ0v) is 12.6. The maximum Gasteiger partial charge on any atom is 0.0712 e. The standard InChI is InChI=1S/C19H22N2/c1-2-3-4-5-7-14-8-6-9-19-17(14)13-15-12-16(20)10-11-18(15)21-19/h6,8-13H,2-5,7,20H2,1H3. The molecule has 0 bridgehead atoms. The molecule has 21 heavy (non-hydrogen) atoms. The largest absolute Gasteiger partial charge is 0.399 e. The van der Waals surface area contributed by atoms with E-state index in [-0.39, 0.29) is 0 Å². The SMILES string of the molecule is CCCCCCc1cccc2nc3ccc(N)cc3cc12. The van der Waals surface area contributed by atoms with Crippen molar-refractivity contribution < 1.29 is 0 Å². The van der Waals surface area contributed by atoms with Crippen molar-refractivity contribution in [2.75, 3.05) is 5.73 Å². The van der Waals surface area contributed by atoms with Crippen molar-refractivity contribution in [3.05, 3.63) is 48.0 Å². The second kappa shape index (κ2) is 6.13. The molecule has 1 aromatic heterocycles. The first-order chi connectivity index (χ1) is 10.3. The Hall–Kier alpha value is -2.09. The molecule has 108 valence electrons. The molecule has 0 amide bonds. The van der Waals surface area contributed by atoms with Gasteiger partial charge in [0.05, 0.1) is 11.0 Å². The van der Waals surface area contributed by atoms with Crippen molar-refractivity contribution in [3.8, 4) is 0 Å². The van der Waals surface area contributed by atoms with Gasteiger partial charge in [-0.2, -0.15) is 0 Å². The molecule has 0 unspecified atom stereocenters. The second-order valence-electron chi connectivity index (χ2n) is 5.73. The molecule has 2 heteroatoms. The predicted molar refractivity (Wildman–Crippen MR) is 91.5 cm³/mol. The van der Waals surface area contributed by atoms with E-state index >= 15 is 0 Å². The monoisotopic (exact) mass is 278 g/mol. The summed E-state index contributed by atoms with van der Waals surface area (Å²) in [7, 11) is 0. The van der Waals surface area contributed by atoms with E-state index < -0.39 is 0 Å². The van der Waals surface area contributed by atoms with E-state index in [0.29, 0.717) is 0 Å². The highest BCUT2D eigenvalue weighted by Crippen LogP contribution is 2.25. The quantitative estimate of drug-likeness (QED) is 0.401. The Morgan fingerprint density at radius 2 is 1.86 bits per heavy atom. The lowest BCUT2D eigenvalue weighted by Gasteiger charge is -2.08. The highest BCUT2D eigenvalue weighted by Gasteiger charge is 2.05. The van der Waals surface area contributed by atoms with Crippen LogP contribution in [0.15, 0.2) is 42.5 Å². The fraction of sp³-hybridized carbons (Fsp3) is 0.316. The van der Waals surface area contributed by atoms with Crippen LogP contribution in [0.4, 0.5) is 5.69 Å². The van der Waals surface area contributed by atoms with E-state index in [9.17, 15) is 0 Å². The number of fused-ring (bicyclic) bond motifs is 2. The summed E-state index contributed by atoms with van der Waals surface area (Å²) in [4.78, 5) is 4.77. The smallest absolute Gasteiger partial charge is 0.0712 e. The zero-order valence-electron chi connectivity index (χ0n) is 12.6. The van der Waals surface area contributed by atoms with Crippen LogP contribution in [0.2, 0.25) is 0 Å². The molecule has 0 fully saturated rings. The van der Waals surface area contributed by atoms with Gasteiger partial charge < -0.3 is 5.73 Å². The first-order valence-corrected chi connectivity index (χ1v) is 7.86. The minimum absolute atomic E-state index is 0.795. The third-order valence-electron chi connectivity index (χ3n) is 4.07. The van der Waals surface area contributed by atoms with Crippen LogP contribution in [-0.4, -0.2) is 4.98 Å². The molecule has 3 rings (SSSR count). The van der Waals surface area contributed by atoms with Crippen LogP contribution in [0, 0.1) is 0 Å². The number of nitrogens with two attached hydrogens (primary N) is 1. The molecular weight excluding hydrogens is 256 g/mol. The fourth-order valence-electron chi connectivity index (χ4n) is 2.90. The van der Waals surface area contributed by atoms with Gasteiger partial charge in [-0.05, 0) is 48.7 Å². The summed E-state index contributed by atoms with van der Waals surface area (Å²) >= 11 is 0. The number of anilines is 1. The Kier molecular flexibility index (Phi) is 4.05. The normalized spacial score (nSPS) is 11.3. The number of unbranched alkanes of at least 4 members (excludes halogenated alkanes) is 3. The van der Waals surface area contributed by atoms with E-state index in [4.69, 9.17) is 10.7 Å². The lowest BCUT2D eigenvalue weighted by Crippen LogP contribution is -1.91. The average Bonchev–Trinajstić information content (AvgIpc) is 2.50. The lowest BCUT2D eigenvalue weighted by molar-refractivity contribution is 0.668. The minimum Gasteiger partial charge on any atom is -0.399 e. The van der Waals surface area contributed by atoms with E-state index in [1.807, 2.05) is 18.2 Å². The van der Waals surface area contributed by atoms with Gasteiger partial charge in [0.1, 0.15) is 0 Å². The minimum atomic E-state index is 0.795. The molecule has 0 atom stereocenters. The van der Waals surface area contributed by atoms with Gasteiger partial charge in [0, 0.05) is 16.5 Å². The molecule has 3 aromatic rings. The van der Waals surface area contributed by atoms with Crippen LogP contribution < -0.4 is 5.73 Å². The van der Waals surface area contributed by atoms with Crippen LogP contribution in [-0.2, 0) is 6.42 Å². The van der Waals surface area contributed by atoms with Gasteiger partial charge in [-0.3, -0.25) is 0 Å². The Morgan fingerprint density at radius 1 is 0.952 bits per heavy atom. The van der Waals surface area contributed by atoms with Gasteiger partial charge in [-0.25, -0.2) is 4.98 Å². The number of nitrogens with zero attached hydrogens (tertiary/aromatic N) is 1. The maximum absolute atomic E-state index is 5.89. The van der Waals surface area contributed by atoms with Crippen molar-refractivity contribution in [1.29, 1.82) is 0 Å². The highest BCUT2D eigenvalue weighted by atomic mass is 14.7. The summed E-state index contributed by atoms with van der Waals surface area (Å²) in [5, 5.41) is 2.40. The van der Waals surface area contributed by atoms with Crippen LogP contribution in [0.5, 0.6) is 0 Å². The van der Waals surface area contributed by atoms with Crippen LogP contribution in [0.25, 0.3) is 21.8 Å². The molecule has 0 aliphatic rings. The maximum atomic E-state index is 5.89. The number of hydrogen-bond acceptors (Lipinski definition) is 2. The van der Waals surface area contributed by atoms with E-state index in [2.05, 4.69) is 31.2 Å². The van der Waals surface area contributed by atoms with Gasteiger partial charge in [-0.1, -0.05) is 38.3 Å². The fourth-order valence-corrected chi connectivity index (χ4v) is 2.90. The number of rotatable bonds is 5. The molecule has 0 saturated carbocycles. The summed E-state index contributed by atoms with van der Waals surface area (Å²) in [6.45, 7) is 2.25. The summed E-state index contributed by atoms with van der Waals surface area (Å²) in [6.07, 6.45) is 6.29. The Balaban J connectivity index is 2.00. The number of aromatic nitrogens is 1. The van der Waals surface area contributed by atoms with Crippen molar-refractivity contribution in [1.82, 2.24) is 4.98 Å². The molecule has 1 heterocycles. The molecule has 0 radical (unpaired) electrons. The van der Waals surface area contributed by atoms with Crippen LogP contribution in [0.3, 0.4) is 0 Å². The molecule has 0 saturated heterocycles. The van der Waals surface area contributed by atoms with Crippen LogP contribution in [0.1, 0.15) is 38.2 Å². The van der Waals surface area contributed by atoms with Crippen molar-refractivity contribution in [3.63, 3.8) is 0 Å². The van der Waals surface area contributed by atoms with Gasteiger partial charge in [-0.15, -0.1) is 0 Å². The third kappa shape index (κ3) is 2.99. The average molecular weight is 278 g/mol. The molecule has 0 spiro atoms. The first-order valence-electron chi connectivity index (χ1n) is 7.86. The Bertz CT molecular complexity index is 762. The summed E-state index contributed by atoms with van der Waals surface area (Å²) in [5.74, 6) is 0. The van der Waals surface area contributed by atoms with Crippen molar-refractivity contribution in [2.24, 2.45) is 0 Å². The molecule has 0 aliphatic heterocycles. The Labute approximate surface area is 126 Å². The van der Waals surface area contributed by atoms with Crippen molar-refractivity contribution >= 4 is 27.5 Å². The lowest BCUT2D eigenvalue weighted by atomic mass is 10.0. The van der Waals surface area contributed by atoms with E-state index in [1.54, 1.807) is 0 Å². The molecular formula is C19H22N2. The number of pyridine rings is 1. The summed E-state index contributed by atoms with van der Waals surface area (Å²) < 4.78 is 0. The number of aryl methyl sites for hydroxylation is 1. The Morgan fingerprint density at radius 3 is 2.71 bits per heavy atom. The number of hydrogen-bond donors (Lipinski definition) is 1. The third-order valence-corrected chi connectivity index (χ3v) is 4.07. The molecule has 2 aromatic carbocycles. The topological polar surface area (TPSA) is 38.9 Å². The van der Waals surface area contributed by atoms with Gasteiger partial charge in [0.15, 0.2) is 0 Å². The first kappa shape index (κ1) is 13.9.